The molecule has 4 nitrogen and oxygen atoms in total. The van der Waals surface area contributed by atoms with E-state index in [1.165, 1.54) is 18.2 Å². The summed E-state index contributed by atoms with van der Waals surface area (Å²) in [6.45, 7) is 5.52. The second-order valence-corrected chi connectivity index (χ2v) is 8.58. The van der Waals surface area contributed by atoms with E-state index in [1.807, 2.05) is 25.7 Å². The number of nitrogens with zero attached hydrogens (tertiary/aromatic N) is 1. The number of fused-ring (bicyclic) bond motifs is 2. The molecule has 2 bridgehead atoms. The maximum atomic E-state index is 12.9. The first-order chi connectivity index (χ1) is 12.7. The van der Waals surface area contributed by atoms with E-state index in [2.05, 4.69) is 0 Å². The standard InChI is InChI=1S/C21H27F2NO3/c1-21(2,3)27-20(26)24-16-8-5-9-17(24)12-15(11-16)18(25)13-6-4-7-14(10-13)19(22)23/h4,6-7,10,15-17,19H,5,8-9,11-12H2,1-3H3. The number of ether oxygens (including phenoxy) is 1. The van der Waals surface area contributed by atoms with Crippen LogP contribution in [0.15, 0.2) is 24.3 Å². The smallest absolute Gasteiger partial charge is 0.410 e. The molecule has 2 saturated heterocycles. The number of Topliss-reactive ketones (excluding diaryl/α,β-unsaturated/α-hetero) is 1. The summed E-state index contributed by atoms with van der Waals surface area (Å²) >= 11 is 0. The van der Waals surface area contributed by atoms with Crippen molar-refractivity contribution in [1.29, 1.82) is 0 Å². The van der Waals surface area contributed by atoms with Crippen molar-refractivity contribution < 1.29 is 23.1 Å². The minimum atomic E-state index is -2.59. The van der Waals surface area contributed by atoms with Gasteiger partial charge in [-0.05, 0) is 58.9 Å². The Morgan fingerprint density at radius 2 is 1.78 bits per heavy atom. The van der Waals surface area contributed by atoms with Crippen LogP contribution >= 0.6 is 0 Å². The highest BCUT2D eigenvalue weighted by molar-refractivity contribution is 5.98. The molecule has 3 rings (SSSR count). The molecular formula is C21H27F2NO3. The minimum absolute atomic E-state index is 0.0282. The fourth-order valence-corrected chi connectivity index (χ4v) is 4.27. The number of piperidine rings is 2. The van der Waals surface area contributed by atoms with Crippen LogP contribution in [0.3, 0.4) is 0 Å². The van der Waals surface area contributed by atoms with Gasteiger partial charge in [-0.25, -0.2) is 13.6 Å². The highest BCUT2D eigenvalue weighted by Crippen LogP contribution is 2.39. The van der Waals surface area contributed by atoms with Gasteiger partial charge >= 0.3 is 6.09 Å². The molecule has 6 heteroatoms. The van der Waals surface area contributed by atoms with Crippen LogP contribution in [-0.4, -0.2) is 34.5 Å². The van der Waals surface area contributed by atoms with Crippen molar-refractivity contribution in [3.63, 3.8) is 0 Å². The molecule has 0 N–H and O–H groups in total. The quantitative estimate of drug-likeness (QED) is 0.663. The fraction of sp³-hybridized carbons (Fsp3) is 0.619. The maximum Gasteiger partial charge on any atom is 0.410 e. The topological polar surface area (TPSA) is 46.6 Å². The Kier molecular flexibility index (Phi) is 5.54. The van der Waals surface area contributed by atoms with Crippen molar-refractivity contribution in [3.05, 3.63) is 35.4 Å². The van der Waals surface area contributed by atoms with Crippen molar-refractivity contribution in [2.24, 2.45) is 5.92 Å². The summed E-state index contributed by atoms with van der Waals surface area (Å²) in [6, 6.07) is 5.68. The van der Waals surface area contributed by atoms with E-state index in [0.717, 1.165) is 19.3 Å². The molecule has 1 amide bonds. The number of amides is 1. The number of rotatable bonds is 3. The van der Waals surface area contributed by atoms with Gasteiger partial charge in [-0.3, -0.25) is 4.79 Å². The van der Waals surface area contributed by atoms with Crippen LogP contribution in [0.2, 0.25) is 0 Å². The van der Waals surface area contributed by atoms with Crippen LogP contribution in [0.25, 0.3) is 0 Å². The lowest BCUT2D eigenvalue weighted by Crippen LogP contribution is -2.56. The van der Waals surface area contributed by atoms with Gasteiger partial charge in [0.1, 0.15) is 5.60 Å². The first-order valence-corrected chi connectivity index (χ1v) is 9.59. The summed E-state index contributed by atoms with van der Waals surface area (Å²) in [7, 11) is 0. The maximum absolute atomic E-state index is 12.9. The Balaban J connectivity index is 1.75. The SMILES string of the molecule is CC(C)(C)OC(=O)N1C2CCCC1CC(C(=O)c1cccc(C(F)F)c1)C2. The van der Waals surface area contributed by atoms with E-state index in [4.69, 9.17) is 4.74 Å². The van der Waals surface area contributed by atoms with E-state index in [9.17, 15) is 18.4 Å². The minimum Gasteiger partial charge on any atom is -0.444 e. The lowest BCUT2D eigenvalue weighted by Gasteiger charge is -2.48. The number of hydrogen-bond acceptors (Lipinski definition) is 3. The second-order valence-electron chi connectivity index (χ2n) is 8.58. The zero-order valence-corrected chi connectivity index (χ0v) is 16.1. The van der Waals surface area contributed by atoms with Crippen molar-refractivity contribution in [2.75, 3.05) is 0 Å². The van der Waals surface area contributed by atoms with Gasteiger partial charge in [-0.15, -0.1) is 0 Å². The molecule has 1 aromatic rings. The average Bonchev–Trinajstić information content (AvgIpc) is 2.58. The lowest BCUT2D eigenvalue weighted by molar-refractivity contribution is -0.0260. The van der Waals surface area contributed by atoms with Gasteiger partial charge in [-0.2, -0.15) is 0 Å². The van der Waals surface area contributed by atoms with Gasteiger partial charge < -0.3 is 9.64 Å². The summed E-state index contributed by atoms with van der Waals surface area (Å²) in [5.74, 6) is -0.342. The fourth-order valence-electron chi connectivity index (χ4n) is 4.27. The number of ketones is 1. The lowest BCUT2D eigenvalue weighted by atomic mass is 9.75. The molecule has 0 spiro atoms. The van der Waals surface area contributed by atoms with Crippen molar-refractivity contribution in [1.82, 2.24) is 4.90 Å². The Bertz CT molecular complexity index is 700. The van der Waals surface area contributed by atoms with E-state index in [-0.39, 0.29) is 35.4 Å². The molecule has 2 fully saturated rings. The van der Waals surface area contributed by atoms with Gasteiger partial charge in [0.15, 0.2) is 5.78 Å². The van der Waals surface area contributed by atoms with E-state index < -0.39 is 12.0 Å². The first-order valence-electron chi connectivity index (χ1n) is 9.59. The number of hydrogen-bond donors (Lipinski definition) is 0. The Labute approximate surface area is 158 Å². The Morgan fingerprint density at radius 1 is 1.15 bits per heavy atom. The third kappa shape index (κ3) is 4.47. The third-order valence-electron chi connectivity index (χ3n) is 5.37. The molecule has 148 valence electrons. The molecule has 0 aliphatic carbocycles. The molecule has 2 aliphatic heterocycles. The van der Waals surface area contributed by atoms with Crippen molar-refractivity contribution in [2.45, 2.75) is 77.0 Å². The largest absolute Gasteiger partial charge is 0.444 e. The summed E-state index contributed by atoms with van der Waals surface area (Å²) in [5.41, 5.74) is -0.359. The highest BCUT2D eigenvalue weighted by Gasteiger charge is 2.44. The number of alkyl halides is 2. The molecule has 27 heavy (non-hydrogen) atoms. The van der Waals surface area contributed by atoms with E-state index in [1.54, 1.807) is 6.07 Å². The van der Waals surface area contributed by atoms with Crippen LogP contribution in [0.5, 0.6) is 0 Å². The van der Waals surface area contributed by atoms with Gasteiger partial charge in [0.2, 0.25) is 0 Å². The number of carbonyl (C=O) groups excluding carboxylic acids is 2. The first kappa shape index (κ1) is 19.8. The van der Waals surface area contributed by atoms with Crippen LogP contribution in [0, 0.1) is 5.92 Å². The van der Waals surface area contributed by atoms with Crippen molar-refractivity contribution in [3.8, 4) is 0 Å². The van der Waals surface area contributed by atoms with Crippen LogP contribution in [0.1, 0.15) is 75.2 Å². The van der Waals surface area contributed by atoms with Gasteiger partial charge in [0, 0.05) is 29.1 Å². The molecule has 2 heterocycles. The molecule has 1 aromatic carbocycles. The normalized spacial score (nSPS) is 25.4. The predicted molar refractivity (Wildman–Crippen MR) is 98.0 cm³/mol. The average molecular weight is 379 g/mol. The zero-order chi connectivity index (χ0) is 19.8. The second kappa shape index (κ2) is 7.56. The predicted octanol–water partition coefficient (Wildman–Crippen LogP) is 5.38. The molecule has 0 saturated carbocycles. The zero-order valence-electron chi connectivity index (χ0n) is 16.1. The summed E-state index contributed by atoms with van der Waals surface area (Å²) in [4.78, 5) is 27.4. The molecule has 2 aliphatic rings. The molecule has 0 aromatic heterocycles. The number of carbonyl (C=O) groups is 2. The summed E-state index contributed by atoms with van der Waals surface area (Å²) < 4.78 is 31.4. The number of benzene rings is 1. The van der Waals surface area contributed by atoms with Gasteiger partial charge in [-0.1, -0.05) is 18.2 Å². The number of halogens is 2. The van der Waals surface area contributed by atoms with Crippen molar-refractivity contribution >= 4 is 11.9 Å². The molecule has 2 unspecified atom stereocenters. The van der Waals surface area contributed by atoms with Crippen LogP contribution < -0.4 is 0 Å². The molecule has 0 radical (unpaired) electrons. The van der Waals surface area contributed by atoms with Gasteiger partial charge in [0.05, 0.1) is 0 Å². The van der Waals surface area contributed by atoms with Gasteiger partial charge in [0.25, 0.3) is 6.43 Å². The Morgan fingerprint density at radius 3 is 2.33 bits per heavy atom. The van der Waals surface area contributed by atoms with Crippen LogP contribution in [0.4, 0.5) is 13.6 Å². The Hall–Kier alpha value is -1.98. The molecular weight excluding hydrogens is 352 g/mol. The monoisotopic (exact) mass is 379 g/mol. The highest BCUT2D eigenvalue weighted by atomic mass is 19.3. The third-order valence-corrected chi connectivity index (χ3v) is 5.37. The van der Waals surface area contributed by atoms with Crippen LogP contribution in [-0.2, 0) is 4.74 Å². The van der Waals surface area contributed by atoms with E-state index in [0.29, 0.717) is 18.4 Å². The van der Waals surface area contributed by atoms with E-state index >= 15 is 0 Å². The summed E-state index contributed by atoms with van der Waals surface area (Å²) in [5, 5.41) is 0. The summed E-state index contributed by atoms with van der Waals surface area (Å²) in [6.07, 6.45) is 0.929. The molecule has 2 atom stereocenters.